The van der Waals surface area contributed by atoms with E-state index in [0.29, 0.717) is 17.3 Å². The number of fused-ring (bicyclic) bond motifs is 1. The third kappa shape index (κ3) is 4.11. The number of oxazole rings is 1. The van der Waals surface area contributed by atoms with Crippen molar-refractivity contribution in [1.29, 1.82) is 0 Å². The van der Waals surface area contributed by atoms with Crippen LogP contribution < -0.4 is 5.32 Å². The average Bonchev–Trinajstić information content (AvgIpc) is 3.27. The first-order valence-corrected chi connectivity index (χ1v) is 9.80. The molecule has 148 valence electrons. The van der Waals surface area contributed by atoms with Crippen molar-refractivity contribution in [3.63, 3.8) is 0 Å². The number of rotatable bonds is 6. The van der Waals surface area contributed by atoms with Crippen LogP contribution in [0.4, 0.5) is 5.82 Å². The topological polar surface area (TPSA) is 80.9 Å². The van der Waals surface area contributed by atoms with Gasteiger partial charge in [0.05, 0.1) is 11.7 Å². The summed E-state index contributed by atoms with van der Waals surface area (Å²) in [6, 6.07) is 5.61. The highest BCUT2D eigenvalue weighted by atomic mass is 16.3. The van der Waals surface area contributed by atoms with Crippen LogP contribution in [-0.4, -0.2) is 20.9 Å². The molecule has 28 heavy (non-hydrogen) atoms. The quantitative estimate of drug-likeness (QED) is 0.572. The van der Waals surface area contributed by atoms with Crippen molar-refractivity contribution in [2.75, 3.05) is 5.32 Å². The van der Waals surface area contributed by atoms with Crippen LogP contribution in [0, 0.1) is 11.8 Å². The van der Waals surface area contributed by atoms with Crippen molar-refractivity contribution < 1.29 is 12.1 Å². The van der Waals surface area contributed by atoms with Crippen LogP contribution in [0.15, 0.2) is 54.1 Å². The summed E-state index contributed by atoms with van der Waals surface area (Å²) in [6.45, 7) is 3.79. The summed E-state index contributed by atoms with van der Waals surface area (Å²) in [5.74, 6) is 1.98. The van der Waals surface area contributed by atoms with E-state index < -0.39 is 0 Å². The molecule has 0 unspecified atom stereocenters. The summed E-state index contributed by atoms with van der Waals surface area (Å²) in [7, 11) is 0. The summed E-state index contributed by atoms with van der Waals surface area (Å²) in [4.78, 5) is 25.6. The van der Waals surface area contributed by atoms with Crippen molar-refractivity contribution in [2.24, 2.45) is 11.8 Å². The van der Waals surface area contributed by atoms with Crippen LogP contribution in [0.25, 0.3) is 22.4 Å². The Morgan fingerprint density at radius 1 is 1.29 bits per heavy atom. The molecule has 0 radical (unpaired) electrons. The minimum absolute atomic E-state index is 0. The lowest BCUT2D eigenvalue weighted by atomic mass is 9.79. The Balaban J connectivity index is 0.00000160. The number of pyridine rings is 2. The maximum atomic E-state index is 12.7. The molecule has 1 saturated carbocycles. The van der Waals surface area contributed by atoms with Crippen LogP contribution in [-0.2, 0) is 4.79 Å². The average molecular weight is 380 g/mol. The highest BCUT2D eigenvalue weighted by Crippen LogP contribution is 2.32. The standard InChI is InChI=1S/C22H24N4O2.2H2/c1-2-3-4-15-5-7-16(8-6-15)22(27)26-21-11-19-17(12-24-21)9-10-18(25-19)20-13-23-14-28-20;;/h2,9-16H,1,3-8H2,(H,24,26,27);2*1H. The van der Waals surface area contributed by atoms with E-state index in [4.69, 9.17) is 4.42 Å². The zero-order valence-electron chi connectivity index (χ0n) is 15.8. The predicted molar refractivity (Wildman–Crippen MR) is 113 cm³/mol. The van der Waals surface area contributed by atoms with Gasteiger partial charge in [-0.2, -0.15) is 0 Å². The second-order valence-electron chi connectivity index (χ2n) is 7.40. The van der Waals surface area contributed by atoms with E-state index in [1.807, 2.05) is 24.3 Å². The summed E-state index contributed by atoms with van der Waals surface area (Å²) in [6.07, 6.45) is 13.1. The third-order valence-corrected chi connectivity index (χ3v) is 5.51. The lowest BCUT2D eigenvalue weighted by molar-refractivity contribution is -0.121. The first-order chi connectivity index (χ1) is 13.7. The first-order valence-electron chi connectivity index (χ1n) is 9.80. The van der Waals surface area contributed by atoms with Crippen molar-refractivity contribution >= 4 is 22.6 Å². The second kappa shape index (κ2) is 8.33. The monoisotopic (exact) mass is 380 g/mol. The van der Waals surface area contributed by atoms with Gasteiger partial charge < -0.3 is 9.73 Å². The third-order valence-electron chi connectivity index (χ3n) is 5.51. The molecular weight excluding hydrogens is 352 g/mol. The molecule has 3 aromatic rings. The van der Waals surface area contributed by atoms with Crippen LogP contribution in [0.3, 0.4) is 0 Å². The number of nitrogens with one attached hydrogen (secondary N) is 1. The Hall–Kier alpha value is -3.02. The molecule has 6 heteroatoms. The van der Waals surface area contributed by atoms with Gasteiger partial charge in [0.2, 0.25) is 5.91 Å². The van der Waals surface area contributed by atoms with Crippen molar-refractivity contribution in [1.82, 2.24) is 15.0 Å². The van der Waals surface area contributed by atoms with Gasteiger partial charge in [0, 0.05) is 26.4 Å². The fourth-order valence-electron chi connectivity index (χ4n) is 3.86. The highest BCUT2D eigenvalue weighted by molar-refractivity contribution is 5.93. The van der Waals surface area contributed by atoms with Gasteiger partial charge in [-0.1, -0.05) is 6.08 Å². The first kappa shape index (κ1) is 18.3. The van der Waals surface area contributed by atoms with E-state index in [1.165, 1.54) is 12.8 Å². The zero-order valence-corrected chi connectivity index (χ0v) is 15.8. The van der Waals surface area contributed by atoms with Crippen molar-refractivity contribution in [3.8, 4) is 11.5 Å². The predicted octanol–water partition coefficient (Wildman–Crippen LogP) is 5.49. The number of allylic oxidation sites excluding steroid dienone is 1. The molecular formula is C22H28N4O2. The van der Waals surface area contributed by atoms with Gasteiger partial charge in [0.25, 0.3) is 0 Å². The van der Waals surface area contributed by atoms with E-state index in [1.54, 1.807) is 12.4 Å². The van der Waals surface area contributed by atoms with Gasteiger partial charge in [-0.15, -0.1) is 6.58 Å². The lowest BCUT2D eigenvalue weighted by Crippen LogP contribution is -2.27. The van der Waals surface area contributed by atoms with Crippen LogP contribution in [0.1, 0.15) is 41.4 Å². The molecule has 1 aliphatic carbocycles. The Morgan fingerprint density at radius 2 is 2.14 bits per heavy atom. The summed E-state index contributed by atoms with van der Waals surface area (Å²) >= 11 is 0. The molecule has 0 atom stereocenters. The highest BCUT2D eigenvalue weighted by Gasteiger charge is 2.26. The summed E-state index contributed by atoms with van der Waals surface area (Å²) in [5, 5.41) is 3.88. The lowest BCUT2D eigenvalue weighted by Gasteiger charge is -2.27. The molecule has 0 saturated heterocycles. The molecule has 0 aromatic carbocycles. The van der Waals surface area contributed by atoms with Gasteiger partial charge in [0.15, 0.2) is 12.2 Å². The number of hydrogen-bond acceptors (Lipinski definition) is 5. The van der Waals surface area contributed by atoms with Gasteiger partial charge >= 0.3 is 0 Å². The van der Waals surface area contributed by atoms with Crippen LogP contribution in [0.2, 0.25) is 0 Å². The summed E-state index contributed by atoms with van der Waals surface area (Å²) in [5.41, 5.74) is 1.46. The largest absolute Gasteiger partial charge is 0.442 e. The number of nitrogens with zero attached hydrogens (tertiary/aromatic N) is 3. The Kier molecular flexibility index (Phi) is 5.46. The maximum Gasteiger partial charge on any atom is 0.228 e. The molecule has 0 spiro atoms. The molecule has 3 aromatic heterocycles. The molecule has 0 aliphatic heterocycles. The minimum Gasteiger partial charge on any atom is -0.442 e. The van der Waals surface area contributed by atoms with Crippen LogP contribution >= 0.6 is 0 Å². The van der Waals surface area contributed by atoms with E-state index in [-0.39, 0.29) is 14.7 Å². The van der Waals surface area contributed by atoms with E-state index in [9.17, 15) is 4.79 Å². The Labute approximate surface area is 167 Å². The minimum atomic E-state index is 0. The van der Waals surface area contributed by atoms with Crippen LogP contribution in [0.5, 0.6) is 0 Å². The molecule has 0 bridgehead atoms. The van der Waals surface area contributed by atoms with E-state index in [0.717, 1.165) is 48.9 Å². The maximum absolute atomic E-state index is 12.7. The fraction of sp³-hybridized carbons (Fsp3) is 0.364. The zero-order chi connectivity index (χ0) is 19.3. The van der Waals surface area contributed by atoms with E-state index >= 15 is 0 Å². The molecule has 6 nitrogen and oxygen atoms in total. The van der Waals surface area contributed by atoms with E-state index in [2.05, 4.69) is 26.8 Å². The number of amides is 1. The molecule has 1 amide bonds. The van der Waals surface area contributed by atoms with Gasteiger partial charge in [-0.25, -0.2) is 15.0 Å². The van der Waals surface area contributed by atoms with Gasteiger partial charge in [0.1, 0.15) is 11.5 Å². The molecule has 1 aliphatic rings. The SMILES string of the molecule is C=CCCC1CCC(C(=O)Nc2cc3nc(-c4cnco4)ccc3cn2)CC1.[HH].[HH]. The Morgan fingerprint density at radius 3 is 2.89 bits per heavy atom. The normalized spacial score (nSPS) is 19.4. The number of aromatic nitrogens is 3. The number of hydrogen-bond donors (Lipinski definition) is 1. The summed E-state index contributed by atoms with van der Waals surface area (Å²) < 4.78 is 5.31. The second-order valence-corrected chi connectivity index (χ2v) is 7.40. The smallest absolute Gasteiger partial charge is 0.228 e. The molecule has 1 N–H and O–H groups in total. The van der Waals surface area contributed by atoms with Crippen molar-refractivity contribution in [2.45, 2.75) is 38.5 Å². The molecule has 4 rings (SSSR count). The fourth-order valence-corrected chi connectivity index (χ4v) is 3.86. The van der Waals surface area contributed by atoms with Gasteiger partial charge in [-0.05, 0) is 56.6 Å². The van der Waals surface area contributed by atoms with Crippen molar-refractivity contribution in [3.05, 3.63) is 49.6 Å². The Bertz CT molecular complexity index is 970. The number of carbonyl (C=O) groups is 1. The number of carbonyl (C=O) groups excluding carboxylic acids is 1. The number of anilines is 1. The molecule has 1 fully saturated rings. The molecule has 3 heterocycles. The van der Waals surface area contributed by atoms with Gasteiger partial charge in [-0.3, -0.25) is 4.79 Å².